The van der Waals surface area contributed by atoms with E-state index in [0.717, 1.165) is 10.7 Å². The van der Waals surface area contributed by atoms with Gasteiger partial charge in [0.2, 0.25) is 11.6 Å². The highest BCUT2D eigenvalue weighted by atomic mass is 19.4. The molecule has 0 radical (unpaired) electrons. The van der Waals surface area contributed by atoms with E-state index < -0.39 is 34.1 Å². The van der Waals surface area contributed by atoms with Crippen molar-refractivity contribution in [3.63, 3.8) is 0 Å². The van der Waals surface area contributed by atoms with E-state index in [9.17, 15) is 28.1 Å². The fourth-order valence-electron chi connectivity index (χ4n) is 1.96. The molecule has 11 heteroatoms. The van der Waals surface area contributed by atoms with Crippen molar-refractivity contribution in [2.75, 3.05) is 6.54 Å². The molecule has 0 unspecified atom stereocenters. The fourth-order valence-corrected chi connectivity index (χ4v) is 1.96. The summed E-state index contributed by atoms with van der Waals surface area (Å²) in [6.45, 7) is 3.62. The van der Waals surface area contributed by atoms with Gasteiger partial charge >= 0.3 is 17.9 Å². The lowest BCUT2D eigenvalue weighted by Gasteiger charge is -2.08. The van der Waals surface area contributed by atoms with E-state index in [1.54, 1.807) is 13.8 Å². The SMILES string of the molecule is CCNC(=O)n1nc(Oc2ccc(C(F)(F)F)cc2[N+](=O)[O-])cc1C. The molecule has 0 fully saturated rings. The normalized spacial score (nSPS) is 11.2. The molecule has 1 aromatic heterocycles. The Hall–Kier alpha value is -3.11. The van der Waals surface area contributed by atoms with Gasteiger partial charge in [-0.1, -0.05) is 0 Å². The third kappa shape index (κ3) is 4.05. The van der Waals surface area contributed by atoms with Crippen molar-refractivity contribution in [2.45, 2.75) is 20.0 Å². The van der Waals surface area contributed by atoms with Gasteiger partial charge in [-0.15, -0.1) is 5.10 Å². The first-order chi connectivity index (χ1) is 11.6. The lowest BCUT2D eigenvalue weighted by Crippen LogP contribution is -2.29. The Balaban J connectivity index is 2.36. The Bertz CT molecular complexity index is 817. The van der Waals surface area contributed by atoms with Crippen molar-refractivity contribution < 1.29 is 27.6 Å². The number of halogens is 3. The fraction of sp³-hybridized carbons (Fsp3) is 0.286. The number of hydrogen-bond donors (Lipinski definition) is 1. The van der Waals surface area contributed by atoms with Crippen LogP contribution in [0.2, 0.25) is 0 Å². The molecule has 8 nitrogen and oxygen atoms in total. The average molecular weight is 358 g/mol. The molecule has 0 saturated carbocycles. The van der Waals surface area contributed by atoms with Crippen LogP contribution in [-0.2, 0) is 6.18 Å². The molecule has 1 heterocycles. The smallest absolute Gasteiger partial charge is 0.416 e. The van der Waals surface area contributed by atoms with Crippen molar-refractivity contribution in [3.05, 3.63) is 45.6 Å². The molecule has 0 atom stereocenters. The number of nitro groups is 1. The summed E-state index contributed by atoms with van der Waals surface area (Å²) in [5, 5.41) is 17.4. The molecular weight excluding hydrogens is 345 g/mol. The van der Waals surface area contributed by atoms with Gasteiger partial charge < -0.3 is 10.1 Å². The molecule has 2 aromatic rings. The second-order valence-electron chi connectivity index (χ2n) is 4.91. The average Bonchev–Trinajstić information content (AvgIpc) is 2.87. The second-order valence-corrected chi connectivity index (χ2v) is 4.91. The van der Waals surface area contributed by atoms with E-state index in [0.29, 0.717) is 24.4 Å². The molecular formula is C14H13F3N4O4. The summed E-state index contributed by atoms with van der Waals surface area (Å²) in [5.74, 6) is -0.579. The Morgan fingerprint density at radius 2 is 2.08 bits per heavy atom. The van der Waals surface area contributed by atoms with Crippen LogP contribution in [0.3, 0.4) is 0 Å². The number of hydrogen-bond acceptors (Lipinski definition) is 5. The summed E-state index contributed by atoms with van der Waals surface area (Å²) in [5.41, 5.74) is -1.65. The number of aromatic nitrogens is 2. The zero-order valence-electron chi connectivity index (χ0n) is 13.1. The molecule has 1 N–H and O–H groups in total. The van der Waals surface area contributed by atoms with Gasteiger partial charge in [-0.25, -0.2) is 4.79 Å². The molecule has 1 aromatic carbocycles. The molecule has 25 heavy (non-hydrogen) atoms. The zero-order chi connectivity index (χ0) is 18.8. The highest BCUT2D eigenvalue weighted by Gasteiger charge is 2.33. The Kier molecular flexibility index (Phi) is 4.95. The lowest BCUT2D eigenvalue weighted by atomic mass is 10.2. The number of rotatable bonds is 4. The topological polar surface area (TPSA) is 99.3 Å². The summed E-state index contributed by atoms with van der Waals surface area (Å²) in [4.78, 5) is 21.8. The predicted octanol–water partition coefficient (Wildman–Crippen LogP) is 3.49. The zero-order valence-corrected chi connectivity index (χ0v) is 13.1. The van der Waals surface area contributed by atoms with E-state index in [1.807, 2.05) is 0 Å². The summed E-state index contributed by atoms with van der Waals surface area (Å²) in [6.07, 6.45) is -4.72. The van der Waals surface area contributed by atoms with E-state index in [-0.39, 0.29) is 5.88 Å². The van der Waals surface area contributed by atoms with E-state index in [2.05, 4.69) is 10.4 Å². The Labute approximate surface area is 139 Å². The van der Waals surface area contributed by atoms with Crippen molar-refractivity contribution in [1.29, 1.82) is 0 Å². The number of amides is 1. The first kappa shape index (κ1) is 18.2. The number of carbonyl (C=O) groups is 1. The van der Waals surface area contributed by atoms with Gasteiger partial charge in [-0.2, -0.15) is 17.9 Å². The lowest BCUT2D eigenvalue weighted by molar-refractivity contribution is -0.385. The second kappa shape index (κ2) is 6.79. The minimum atomic E-state index is -4.72. The Morgan fingerprint density at radius 3 is 2.64 bits per heavy atom. The number of nitro benzene ring substituents is 1. The number of nitrogens with one attached hydrogen (secondary N) is 1. The van der Waals surface area contributed by atoms with Crippen molar-refractivity contribution in [3.8, 4) is 11.6 Å². The van der Waals surface area contributed by atoms with Crippen LogP contribution in [0, 0.1) is 17.0 Å². The number of carbonyl (C=O) groups excluding carboxylic acids is 1. The van der Waals surface area contributed by atoms with Crippen LogP contribution in [0.25, 0.3) is 0 Å². The van der Waals surface area contributed by atoms with Gasteiger partial charge in [-0.05, 0) is 26.0 Å². The summed E-state index contributed by atoms with van der Waals surface area (Å²) >= 11 is 0. The van der Waals surface area contributed by atoms with Gasteiger partial charge in [0.1, 0.15) is 0 Å². The number of alkyl halides is 3. The van der Waals surface area contributed by atoms with Gasteiger partial charge in [0.15, 0.2) is 0 Å². The maximum Gasteiger partial charge on any atom is 0.416 e. The van der Waals surface area contributed by atoms with Crippen LogP contribution >= 0.6 is 0 Å². The van der Waals surface area contributed by atoms with Crippen molar-refractivity contribution in [2.24, 2.45) is 0 Å². The predicted molar refractivity (Wildman–Crippen MR) is 79.6 cm³/mol. The quantitative estimate of drug-likeness (QED) is 0.666. The third-order valence-electron chi connectivity index (χ3n) is 3.08. The van der Waals surface area contributed by atoms with Crippen molar-refractivity contribution >= 4 is 11.7 Å². The highest BCUT2D eigenvalue weighted by Crippen LogP contribution is 2.37. The summed E-state index contributed by atoms with van der Waals surface area (Å²) < 4.78 is 44.2. The van der Waals surface area contributed by atoms with Gasteiger partial charge in [-0.3, -0.25) is 10.1 Å². The van der Waals surface area contributed by atoms with Crippen LogP contribution in [0.5, 0.6) is 11.6 Å². The molecule has 0 aliphatic heterocycles. The van der Waals surface area contributed by atoms with Crippen molar-refractivity contribution in [1.82, 2.24) is 15.1 Å². The standard InChI is InChI=1S/C14H13F3N4O4/c1-3-18-13(22)20-8(2)6-12(19-20)25-11-5-4-9(14(15,16)17)7-10(11)21(23)24/h4-7H,3H2,1-2H3,(H,18,22). The number of benzene rings is 1. The first-order valence-corrected chi connectivity index (χ1v) is 7.01. The Morgan fingerprint density at radius 1 is 1.40 bits per heavy atom. The molecule has 0 aliphatic carbocycles. The molecule has 134 valence electrons. The van der Waals surface area contributed by atoms with Gasteiger partial charge in [0.25, 0.3) is 0 Å². The molecule has 0 bridgehead atoms. The highest BCUT2D eigenvalue weighted by molar-refractivity contribution is 5.76. The number of aryl methyl sites for hydroxylation is 1. The number of ether oxygens (including phenoxy) is 1. The van der Waals surface area contributed by atoms with Crippen LogP contribution in [0.4, 0.5) is 23.7 Å². The van der Waals surface area contributed by atoms with Crippen LogP contribution in [0.1, 0.15) is 18.2 Å². The molecule has 0 aliphatic rings. The summed E-state index contributed by atoms with van der Waals surface area (Å²) in [7, 11) is 0. The van der Waals surface area contributed by atoms with Gasteiger partial charge in [0, 0.05) is 18.7 Å². The number of nitrogens with zero attached hydrogens (tertiary/aromatic N) is 3. The monoisotopic (exact) mass is 358 g/mol. The maximum atomic E-state index is 12.7. The molecule has 0 spiro atoms. The van der Waals surface area contributed by atoms with Gasteiger partial charge in [0.05, 0.1) is 16.2 Å². The third-order valence-corrected chi connectivity index (χ3v) is 3.08. The van der Waals surface area contributed by atoms with E-state index in [4.69, 9.17) is 4.74 Å². The van der Waals surface area contributed by atoms with E-state index in [1.165, 1.54) is 6.07 Å². The van der Waals surface area contributed by atoms with E-state index >= 15 is 0 Å². The summed E-state index contributed by atoms with van der Waals surface area (Å²) in [6, 6.07) is 2.67. The first-order valence-electron chi connectivity index (χ1n) is 7.01. The molecule has 1 amide bonds. The maximum absolute atomic E-state index is 12.7. The van der Waals surface area contributed by atoms with Crippen LogP contribution in [0.15, 0.2) is 24.3 Å². The minimum absolute atomic E-state index is 0.161. The van der Waals surface area contributed by atoms with Crippen LogP contribution in [-0.4, -0.2) is 27.3 Å². The molecule has 2 rings (SSSR count). The molecule has 0 saturated heterocycles. The minimum Gasteiger partial charge on any atom is -0.430 e. The van der Waals surface area contributed by atoms with Crippen LogP contribution < -0.4 is 10.1 Å². The largest absolute Gasteiger partial charge is 0.430 e.